The van der Waals surface area contributed by atoms with E-state index in [2.05, 4.69) is 10.1 Å². The van der Waals surface area contributed by atoms with Crippen LogP contribution in [0, 0.1) is 18.7 Å². The van der Waals surface area contributed by atoms with Gasteiger partial charge in [0.2, 0.25) is 11.8 Å². The zero-order valence-corrected chi connectivity index (χ0v) is 15.9. The monoisotopic (exact) mass is 378 g/mol. The Labute approximate surface area is 159 Å². The Morgan fingerprint density at radius 1 is 1.26 bits per heavy atom. The van der Waals surface area contributed by atoms with Gasteiger partial charge in [0, 0.05) is 31.6 Å². The maximum absolute atomic E-state index is 13.1. The second-order valence-electron chi connectivity index (χ2n) is 6.97. The molecule has 1 aliphatic rings. The van der Waals surface area contributed by atoms with E-state index in [9.17, 15) is 18.8 Å². The Bertz CT molecular complexity index is 693. The quantitative estimate of drug-likeness (QED) is 0.740. The number of nitrogens with zero attached hydrogens (tertiary/aromatic N) is 1. The standard InChI is InChI=1S/C20H27FN2O4/c1-14-12-16(21)6-7-17(14)22-18(24)8-5-15-4-3-11-23(13-15)19(25)9-10-20(26)27-2/h6-7,12,15H,3-5,8-11,13H2,1-2H3,(H,22,24)/t15-/m1/s1. The maximum Gasteiger partial charge on any atom is 0.306 e. The van der Waals surface area contributed by atoms with Gasteiger partial charge < -0.3 is 15.0 Å². The molecule has 1 heterocycles. The van der Waals surface area contributed by atoms with Crippen LogP contribution in [-0.2, 0) is 19.1 Å². The Balaban J connectivity index is 1.77. The molecule has 0 aromatic heterocycles. The molecule has 0 unspecified atom stereocenters. The van der Waals surface area contributed by atoms with Crippen LogP contribution in [0.2, 0.25) is 0 Å². The lowest BCUT2D eigenvalue weighted by Crippen LogP contribution is -2.40. The SMILES string of the molecule is COC(=O)CCC(=O)N1CCC[C@H](CCC(=O)Nc2ccc(F)cc2C)C1. The summed E-state index contributed by atoms with van der Waals surface area (Å²) in [4.78, 5) is 37.4. The van der Waals surface area contributed by atoms with Gasteiger partial charge in [-0.2, -0.15) is 0 Å². The molecule has 27 heavy (non-hydrogen) atoms. The van der Waals surface area contributed by atoms with Crippen LogP contribution < -0.4 is 5.32 Å². The average molecular weight is 378 g/mol. The number of likely N-dealkylation sites (tertiary alicyclic amines) is 1. The van der Waals surface area contributed by atoms with E-state index in [1.165, 1.54) is 19.2 Å². The largest absolute Gasteiger partial charge is 0.469 e. The number of hydrogen-bond donors (Lipinski definition) is 1. The maximum atomic E-state index is 13.1. The molecular formula is C20H27FN2O4. The third-order valence-electron chi connectivity index (χ3n) is 4.88. The van der Waals surface area contributed by atoms with Crippen molar-refractivity contribution in [3.8, 4) is 0 Å². The van der Waals surface area contributed by atoms with E-state index in [0.29, 0.717) is 37.2 Å². The van der Waals surface area contributed by atoms with Crippen molar-refractivity contribution < 1.29 is 23.5 Å². The Kier molecular flexibility index (Phi) is 7.76. The molecule has 2 amide bonds. The van der Waals surface area contributed by atoms with Gasteiger partial charge in [0.05, 0.1) is 13.5 Å². The number of carbonyl (C=O) groups is 3. The number of hydrogen-bond acceptors (Lipinski definition) is 4. The molecule has 1 aliphatic heterocycles. The molecule has 0 saturated carbocycles. The smallest absolute Gasteiger partial charge is 0.306 e. The van der Waals surface area contributed by atoms with Crippen molar-refractivity contribution in [2.75, 3.05) is 25.5 Å². The van der Waals surface area contributed by atoms with Crippen molar-refractivity contribution in [2.45, 2.75) is 45.4 Å². The molecule has 1 fully saturated rings. The summed E-state index contributed by atoms with van der Waals surface area (Å²) in [7, 11) is 1.31. The number of piperidine rings is 1. The fourth-order valence-electron chi connectivity index (χ4n) is 3.31. The van der Waals surface area contributed by atoms with E-state index in [1.807, 2.05) is 0 Å². The molecule has 1 saturated heterocycles. The summed E-state index contributed by atoms with van der Waals surface area (Å²) in [6, 6.07) is 4.26. The molecular weight excluding hydrogens is 351 g/mol. The van der Waals surface area contributed by atoms with Crippen molar-refractivity contribution in [1.29, 1.82) is 0 Å². The van der Waals surface area contributed by atoms with Gasteiger partial charge in [-0.05, 0) is 55.9 Å². The lowest BCUT2D eigenvalue weighted by Gasteiger charge is -2.32. The zero-order valence-electron chi connectivity index (χ0n) is 15.9. The van der Waals surface area contributed by atoms with E-state index < -0.39 is 0 Å². The second-order valence-corrected chi connectivity index (χ2v) is 6.97. The van der Waals surface area contributed by atoms with Crippen molar-refractivity contribution in [3.63, 3.8) is 0 Å². The molecule has 0 spiro atoms. The molecule has 2 rings (SSSR count). The van der Waals surface area contributed by atoms with Gasteiger partial charge in [0.1, 0.15) is 5.82 Å². The van der Waals surface area contributed by atoms with Gasteiger partial charge in [-0.25, -0.2) is 4.39 Å². The zero-order chi connectivity index (χ0) is 19.8. The number of carbonyl (C=O) groups excluding carboxylic acids is 3. The lowest BCUT2D eigenvalue weighted by atomic mass is 9.93. The Morgan fingerprint density at radius 3 is 2.74 bits per heavy atom. The number of ether oxygens (including phenoxy) is 1. The van der Waals surface area contributed by atoms with Gasteiger partial charge in [-0.15, -0.1) is 0 Å². The summed E-state index contributed by atoms with van der Waals surface area (Å²) in [5.41, 5.74) is 1.30. The van der Waals surface area contributed by atoms with Crippen LogP contribution in [0.1, 0.15) is 44.1 Å². The minimum atomic E-state index is -0.385. The summed E-state index contributed by atoms with van der Waals surface area (Å²) in [6.07, 6.45) is 3.16. The number of rotatable bonds is 7. The first-order valence-electron chi connectivity index (χ1n) is 9.29. The lowest BCUT2D eigenvalue weighted by molar-refractivity contribution is -0.144. The number of benzene rings is 1. The number of methoxy groups -OCH3 is 1. The van der Waals surface area contributed by atoms with Crippen LogP contribution in [0.25, 0.3) is 0 Å². The molecule has 7 heteroatoms. The van der Waals surface area contributed by atoms with E-state index in [1.54, 1.807) is 17.9 Å². The Morgan fingerprint density at radius 2 is 2.04 bits per heavy atom. The van der Waals surface area contributed by atoms with Crippen LogP contribution in [0.4, 0.5) is 10.1 Å². The second kappa shape index (κ2) is 10.0. The topological polar surface area (TPSA) is 75.7 Å². The predicted molar refractivity (Wildman–Crippen MR) is 99.6 cm³/mol. The molecule has 1 aromatic carbocycles. The van der Waals surface area contributed by atoms with Crippen molar-refractivity contribution >= 4 is 23.5 Å². The highest BCUT2D eigenvalue weighted by Gasteiger charge is 2.24. The van der Waals surface area contributed by atoms with Gasteiger partial charge in [-0.3, -0.25) is 14.4 Å². The molecule has 0 aliphatic carbocycles. The number of nitrogens with one attached hydrogen (secondary N) is 1. The third-order valence-corrected chi connectivity index (χ3v) is 4.88. The fraction of sp³-hybridized carbons (Fsp3) is 0.550. The molecule has 1 atom stereocenters. The van der Waals surface area contributed by atoms with E-state index >= 15 is 0 Å². The number of esters is 1. The summed E-state index contributed by atoms with van der Waals surface area (Å²) in [5, 5.41) is 2.81. The van der Waals surface area contributed by atoms with E-state index in [0.717, 1.165) is 12.8 Å². The van der Waals surface area contributed by atoms with Crippen molar-refractivity contribution in [1.82, 2.24) is 4.90 Å². The summed E-state index contributed by atoms with van der Waals surface area (Å²) in [5.74, 6) is -0.606. The van der Waals surface area contributed by atoms with Crippen molar-refractivity contribution in [3.05, 3.63) is 29.6 Å². The highest BCUT2D eigenvalue weighted by molar-refractivity contribution is 5.91. The number of halogens is 1. The van der Waals surface area contributed by atoms with Gasteiger partial charge in [0.25, 0.3) is 0 Å². The van der Waals surface area contributed by atoms with E-state index in [-0.39, 0.29) is 42.4 Å². The van der Waals surface area contributed by atoms with Crippen LogP contribution in [0.5, 0.6) is 0 Å². The molecule has 0 bridgehead atoms. The molecule has 1 aromatic rings. The molecule has 0 radical (unpaired) electrons. The summed E-state index contributed by atoms with van der Waals surface area (Å²) in [6.45, 7) is 3.05. The molecule has 148 valence electrons. The van der Waals surface area contributed by atoms with Crippen molar-refractivity contribution in [2.24, 2.45) is 5.92 Å². The Hall–Kier alpha value is -2.44. The van der Waals surface area contributed by atoms with Crippen LogP contribution in [0.15, 0.2) is 18.2 Å². The van der Waals surface area contributed by atoms with Crippen LogP contribution >= 0.6 is 0 Å². The fourth-order valence-corrected chi connectivity index (χ4v) is 3.31. The van der Waals surface area contributed by atoms with Crippen LogP contribution in [0.3, 0.4) is 0 Å². The predicted octanol–water partition coefficient (Wildman–Crippen LogP) is 3.04. The summed E-state index contributed by atoms with van der Waals surface area (Å²) >= 11 is 0. The van der Waals surface area contributed by atoms with Gasteiger partial charge in [-0.1, -0.05) is 0 Å². The first-order chi connectivity index (χ1) is 12.9. The van der Waals surface area contributed by atoms with Gasteiger partial charge >= 0.3 is 5.97 Å². The first-order valence-corrected chi connectivity index (χ1v) is 9.29. The van der Waals surface area contributed by atoms with E-state index in [4.69, 9.17) is 0 Å². The highest BCUT2D eigenvalue weighted by atomic mass is 19.1. The first kappa shape index (κ1) is 20.9. The molecule has 1 N–H and O–H groups in total. The minimum absolute atomic E-state index is 0.0449. The summed E-state index contributed by atoms with van der Waals surface area (Å²) < 4.78 is 17.7. The minimum Gasteiger partial charge on any atom is -0.469 e. The number of aryl methyl sites for hydroxylation is 1. The van der Waals surface area contributed by atoms with Gasteiger partial charge in [0.15, 0.2) is 0 Å². The van der Waals surface area contributed by atoms with Crippen LogP contribution in [-0.4, -0.2) is 42.9 Å². The third kappa shape index (κ3) is 6.66. The molecule has 6 nitrogen and oxygen atoms in total. The number of anilines is 1. The highest BCUT2D eigenvalue weighted by Crippen LogP contribution is 2.23. The average Bonchev–Trinajstić information content (AvgIpc) is 2.66. The normalized spacial score (nSPS) is 16.7. The number of amides is 2.